The van der Waals surface area contributed by atoms with Crippen LogP contribution in [0.5, 0.6) is 0 Å². The Hall–Kier alpha value is -0.0800. The highest BCUT2D eigenvalue weighted by Crippen LogP contribution is 2.03. The maximum Gasteiger partial charge on any atom is 0.191 e. The van der Waals surface area contributed by atoms with Gasteiger partial charge < -0.3 is 15.5 Å². The Morgan fingerprint density at radius 1 is 1.14 bits per heavy atom. The molecule has 1 fully saturated rings. The van der Waals surface area contributed by atoms with Crippen LogP contribution in [-0.2, 0) is 0 Å². The molecule has 0 spiro atoms. The van der Waals surface area contributed by atoms with E-state index >= 15 is 0 Å². The summed E-state index contributed by atoms with van der Waals surface area (Å²) >= 11 is 0. The Morgan fingerprint density at radius 2 is 1.81 bits per heavy atom. The highest BCUT2D eigenvalue weighted by Gasteiger charge is 2.18. The first-order valence-corrected chi connectivity index (χ1v) is 8.04. The third-order valence-electron chi connectivity index (χ3n) is 4.02. The number of likely N-dealkylation sites (N-methyl/N-ethyl adjacent to an activating group) is 1. The van der Waals surface area contributed by atoms with Crippen LogP contribution in [0.25, 0.3) is 0 Å². The molecule has 1 unspecified atom stereocenters. The summed E-state index contributed by atoms with van der Waals surface area (Å²) < 4.78 is 0. The van der Waals surface area contributed by atoms with Gasteiger partial charge in [-0.1, -0.05) is 19.8 Å². The molecule has 6 heteroatoms. The lowest BCUT2D eigenvalue weighted by atomic mass is 10.2. The van der Waals surface area contributed by atoms with Crippen molar-refractivity contribution in [1.82, 2.24) is 20.4 Å². The Bertz CT molecular complexity index is 277. The number of rotatable bonds is 7. The Morgan fingerprint density at radius 3 is 2.38 bits per heavy atom. The highest BCUT2D eigenvalue weighted by atomic mass is 127. The molecule has 2 N–H and O–H groups in total. The summed E-state index contributed by atoms with van der Waals surface area (Å²) in [5.41, 5.74) is 0. The van der Waals surface area contributed by atoms with E-state index in [1.54, 1.807) is 0 Å². The van der Waals surface area contributed by atoms with Gasteiger partial charge in [0.1, 0.15) is 0 Å². The minimum Gasteiger partial charge on any atom is -0.356 e. The number of piperazine rings is 1. The van der Waals surface area contributed by atoms with Crippen molar-refractivity contribution < 1.29 is 0 Å². The van der Waals surface area contributed by atoms with Crippen LogP contribution < -0.4 is 10.6 Å². The molecule has 0 aromatic carbocycles. The summed E-state index contributed by atoms with van der Waals surface area (Å²) in [6.07, 6.45) is 3.75. The molecule has 0 aromatic rings. The Labute approximate surface area is 148 Å². The van der Waals surface area contributed by atoms with Gasteiger partial charge in [0.05, 0.1) is 0 Å². The normalized spacial score (nSPS) is 19.0. The molecule has 21 heavy (non-hydrogen) atoms. The van der Waals surface area contributed by atoms with Crippen LogP contribution in [-0.4, -0.2) is 75.2 Å². The molecule has 1 atom stereocenters. The fourth-order valence-corrected chi connectivity index (χ4v) is 2.44. The van der Waals surface area contributed by atoms with Crippen LogP contribution in [0, 0.1) is 0 Å². The van der Waals surface area contributed by atoms with Gasteiger partial charge in [-0.3, -0.25) is 9.89 Å². The zero-order valence-electron chi connectivity index (χ0n) is 14.2. The molecule has 0 radical (unpaired) electrons. The van der Waals surface area contributed by atoms with Gasteiger partial charge in [0.2, 0.25) is 0 Å². The second-order valence-corrected chi connectivity index (χ2v) is 5.78. The number of nitrogens with zero attached hydrogens (tertiary/aromatic N) is 3. The lowest BCUT2D eigenvalue weighted by Gasteiger charge is -2.36. The summed E-state index contributed by atoms with van der Waals surface area (Å²) in [5.74, 6) is 0.932. The maximum absolute atomic E-state index is 4.28. The van der Waals surface area contributed by atoms with Crippen molar-refractivity contribution in [2.75, 3.05) is 53.4 Å². The SMILES string of the molecule is CCCCCNC(=NC)NCC(C)N1CCN(C)CC1.I. The predicted molar refractivity (Wildman–Crippen MR) is 103 cm³/mol. The second kappa shape index (κ2) is 12.5. The fourth-order valence-electron chi connectivity index (χ4n) is 2.44. The smallest absolute Gasteiger partial charge is 0.191 e. The van der Waals surface area contributed by atoms with E-state index < -0.39 is 0 Å². The number of halogens is 1. The van der Waals surface area contributed by atoms with E-state index in [0.29, 0.717) is 6.04 Å². The second-order valence-electron chi connectivity index (χ2n) is 5.78. The van der Waals surface area contributed by atoms with Crippen molar-refractivity contribution in [1.29, 1.82) is 0 Å². The minimum atomic E-state index is 0. The Balaban J connectivity index is 0.00000400. The van der Waals surface area contributed by atoms with E-state index in [0.717, 1.165) is 19.0 Å². The summed E-state index contributed by atoms with van der Waals surface area (Å²) in [7, 11) is 4.04. The van der Waals surface area contributed by atoms with Crippen LogP contribution in [0.3, 0.4) is 0 Å². The summed E-state index contributed by atoms with van der Waals surface area (Å²) in [6, 6.07) is 0.554. The van der Waals surface area contributed by atoms with Gasteiger partial charge in [-0.25, -0.2) is 0 Å². The molecule has 0 aliphatic carbocycles. The quantitative estimate of drug-likeness (QED) is 0.289. The van der Waals surface area contributed by atoms with E-state index in [4.69, 9.17) is 0 Å². The molecule has 1 rings (SSSR count). The Kier molecular flexibility index (Phi) is 12.4. The molecular weight excluding hydrogens is 377 g/mol. The number of hydrogen-bond donors (Lipinski definition) is 2. The highest BCUT2D eigenvalue weighted by molar-refractivity contribution is 14.0. The first kappa shape index (κ1) is 20.9. The lowest BCUT2D eigenvalue weighted by molar-refractivity contribution is 0.120. The predicted octanol–water partition coefficient (Wildman–Crippen LogP) is 1.60. The molecular formula is C15H34IN5. The summed E-state index contributed by atoms with van der Waals surface area (Å²) in [5, 5.41) is 6.82. The number of guanidine groups is 1. The maximum atomic E-state index is 4.28. The molecule has 0 aromatic heterocycles. The number of aliphatic imine (C=N–C) groups is 1. The van der Waals surface area contributed by atoms with Gasteiger partial charge in [-0.2, -0.15) is 0 Å². The monoisotopic (exact) mass is 411 g/mol. The third kappa shape index (κ3) is 8.83. The van der Waals surface area contributed by atoms with Gasteiger partial charge in [0, 0.05) is 52.4 Å². The van der Waals surface area contributed by atoms with Crippen molar-refractivity contribution in [3.05, 3.63) is 0 Å². The first-order valence-electron chi connectivity index (χ1n) is 8.04. The van der Waals surface area contributed by atoms with Crippen molar-refractivity contribution in [3.63, 3.8) is 0 Å². The van der Waals surface area contributed by atoms with Crippen molar-refractivity contribution >= 4 is 29.9 Å². The van der Waals surface area contributed by atoms with E-state index in [-0.39, 0.29) is 24.0 Å². The van der Waals surface area contributed by atoms with Crippen molar-refractivity contribution in [2.45, 2.75) is 39.2 Å². The van der Waals surface area contributed by atoms with Crippen molar-refractivity contribution in [2.24, 2.45) is 4.99 Å². The van der Waals surface area contributed by atoms with Crippen LogP contribution in [0.15, 0.2) is 4.99 Å². The number of nitrogens with one attached hydrogen (secondary N) is 2. The van der Waals surface area contributed by atoms with Crippen molar-refractivity contribution in [3.8, 4) is 0 Å². The zero-order valence-corrected chi connectivity index (χ0v) is 16.5. The van der Waals surface area contributed by atoms with Gasteiger partial charge in [0.25, 0.3) is 0 Å². The van der Waals surface area contributed by atoms with E-state index in [2.05, 4.69) is 46.3 Å². The average Bonchev–Trinajstić information content (AvgIpc) is 2.47. The van der Waals surface area contributed by atoms with E-state index in [9.17, 15) is 0 Å². The first-order chi connectivity index (χ1) is 9.67. The van der Waals surface area contributed by atoms with E-state index in [1.165, 1.54) is 45.4 Å². The van der Waals surface area contributed by atoms with Crippen LogP contribution in [0.2, 0.25) is 0 Å². The van der Waals surface area contributed by atoms with Crippen LogP contribution >= 0.6 is 24.0 Å². The number of unbranched alkanes of at least 4 members (excludes halogenated alkanes) is 2. The van der Waals surface area contributed by atoms with Gasteiger partial charge in [0.15, 0.2) is 5.96 Å². The fraction of sp³-hybridized carbons (Fsp3) is 0.933. The molecule has 1 heterocycles. The molecule has 1 saturated heterocycles. The number of hydrogen-bond acceptors (Lipinski definition) is 3. The minimum absolute atomic E-state index is 0. The lowest BCUT2D eigenvalue weighted by Crippen LogP contribution is -2.52. The van der Waals surface area contributed by atoms with Gasteiger partial charge in [-0.15, -0.1) is 24.0 Å². The van der Waals surface area contributed by atoms with E-state index in [1.807, 2.05) is 7.05 Å². The largest absolute Gasteiger partial charge is 0.356 e. The zero-order chi connectivity index (χ0) is 14.8. The standard InChI is InChI=1S/C15H33N5.HI/c1-5-6-7-8-17-15(16-3)18-13-14(2)20-11-9-19(4)10-12-20;/h14H,5-13H2,1-4H3,(H2,16,17,18);1H. The molecule has 1 aliphatic rings. The molecule has 0 saturated carbocycles. The summed E-state index contributed by atoms with van der Waals surface area (Å²) in [6.45, 7) is 11.2. The molecule has 126 valence electrons. The molecule has 0 bridgehead atoms. The molecule has 5 nitrogen and oxygen atoms in total. The average molecular weight is 411 g/mol. The summed E-state index contributed by atoms with van der Waals surface area (Å²) in [4.78, 5) is 9.23. The van der Waals surface area contributed by atoms with Gasteiger partial charge >= 0.3 is 0 Å². The van der Waals surface area contributed by atoms with Crippen LogP contribution in [0.4, 0.5) is 0 Å². The van der Waals surface area contributed by atoms with Crippen LogP contribution in [0.1, 0.15) is 33.1 Å². The molecule has 1 aliphatic heterocycles. The van der Waals surface area contributed by atoms with Gasteiger partial charge in [-0.05, 0) is 20.4 Å². The third-order valence-corrected chi connectivity index (χ3v) is 4.02. The molecule has 0 amide bonds. The topological polar surface area (TPSA) is 42.9 Å².